The fourth-order valence-corrected chi connectivity index (χ4v) is 5.28. The predicted molar refractivity (Wildman–Crippen MR) is 57.7 cm³/mol. The van der Waals surface area contributed by atoms with Gasteiger partial charge in [-0.3, -0.25) is 4.78 Å². The third-order valence-corrected chi connectivity index (χ3v) is 6.35. The number of hydrogen-bond donors (Lipinski definition) is 2. The first-order valence-electron chi connectivity index (χ1n) is 4.46. The van der Waals surface area contributed by atoms with Crippen LogP contribution in [-0.2, 0) is 24.3 Å². The lowest BCUT2D eigenvalue weighted by Gasteiger charge is -2.07. The zero-order valence-electron chi connectivity index (χ0n) is 8.64. The van der Waals surface area contributed by atoms with Crippen LogP contribution in [0.2, 0.25) is 0 Å². The molecular formula is C7H17NO5S2. The molecule has 6 nitrogen and oxygen atoms in total. The van der Waals surface area contributed by atoms with E-state index in [9.17, 15) is 12.6 Å². The van der Waals surface area contributed by atoms with Gasteiger partial charge in [-0.2, -0.15) is 0 Å². The van der Waals surface area contributed by atoms with Crippen molar-refractivity contribution in [2.45, 2.75) is 13.3 Å². The van der Waals surface area contributed by atoms with Crippen LogP contribution in [0.4, 0.5) is 0 Å². The van der Waals surface area contributed by atoms with Gasteiger partial charge in [0.25, 0.3) is 0 Å². The van der Waals surface area contributed by atoms with E-state index in [1.807, 2.05) is 0 Å². The highest BCUT2D eigenvalue weighted by Crippen LogP contribution is 2.02. The summed E-state index contributed by atoms with van der Waals surface area (Å²) in [7, 11) is -6.57. The molecule has 0 amide bonds. The fraction of sp³-hybridized carbons (Fsp3) is 1.00. The predicted octanol–water partition coefficient (Wildman–Crippen LogP) is -0.218. The summed E-state index contributed by atoms with van der Waals surface area (Å²) in [6, 6.07) is 0. The van der Waals surface area contributed by atoms with Gasteiger partial charge in [-0.1, -0.05) is 6.92 Å². The molecule has 1 unspecified atom stereocenters. The average Bonchev–Trinajstić information content (AvgIpc) is 2.01. The minimum absolute atomic E-state index is 0.0904. The summed E-state index contributed by atoms with van der Waals surface area (Å²) in [5.74, 6) is -0.222. The second kappa shape index (κ2) is 6.41. The second-order valence-corrected chi connectivity index (χ2v) is 7.99. The average molecular weight is 259 g/mol. The van der Waals surface area contributed by atoms with E-state index in [1.165, 1.54) is 0 Å². The van der Waals surface area contributed by atoms with Gasteiger partial charge in [0.15, 0.2) is 9.84 Å². The summed E-state index contributed by atoms with van der Waals surface area (Å²) in [5.41, 5.74) is 0. The molecule has 1 atom stereocenters. The zero-order valence-corrected chi connectivity index (χ0v) is 10.3. The van der Waals surface area contributed by atoms with Gasteiger partial charge in [0.1, 0.15) is 11.9 Å². The van der Waals surface area contributed by atoms with E-state index in [0.717, 1.165) is 0 Å². The van der Waals surface area contributed by atoms with E-state index in [2.05, 4.69) is 4.74 Å². The number of aliphatic hydroxyl groups is 1. The standard InChI is InChI=1S/C7H17NO5S2/c1-2-4-14(8,10)7-15(11,12)5-3-13-6-9/h8-9H,2-7H2,1H3. The SMILES string of the molecule is CCCS(=N)(=O)CS(=O)(=O)CCOCO. The number of ether oxygens (including phenoxy) is 1. The van der Waals surface area contributed by atoms with Gasteiger partial charge in [-0.15, -0.1) is 0 Å². The van der Waals surface area contributed by atoms with Crippen LogP contribution < -0.4 is 0 Å². The minimum Gasteiger partial charge on any atom is -0.371 e. The molecule has 0 saturated carbocycles. The molecule has 0 aromatic heterocycles. The Balaban J connectivity index is 4.26. The Hall–Kier alpha value is -0.180. The largest absolute Gasteiger partial charge is 0.371 e. The van der Waals surface area contributed by atoms with Gasteiger partial charge in [0, 0.05) is 5.75 Å². The van der Waals surface area contributed by atoms with Crippen LogP contribution in [0.1, 0.15) is 13.3 Å². The van der Waals surface area contributed by atoms with Crippen molar-refractivity contribution in [1.82, 2.24) is 0 Å². The Morgan fingerprint density at radius 1 is 1.27 bits per heavy atom. The fourth-order valence-electron chi connectivity index (χ4n) is 0.988. The third-order valence-electron chi connectivity index (χ3n) is 1.53. The van der Waals surface area contributed by atoms with E-state index < -0.39 is 31.4 Å². The summed E-state index contributed by atoms with van der Waals surface area (Å²) in [6.45, 7) is 1.07. The molecule has 0 aliphatic heterocycles. The molecule has 0 radical (unpaired) electrons. The first-order chi connectivity index (χ1) is 6.83. The van der Waals surface area contributed by atoms with Crippen LogP contribution in [0.15, 0.2) is 0 Å². The van der Waals surface area contributed by atoms with Crippen molar-refractivity contribution >= 4 is 19.6 Å². The minimum atomic E-state index is -3.53. The molecule has 8 heteroatoms. The maximum Gasteiger partial charge on any atom is 0.165 e. The summed E-state index contributed by atoms with van der Waals surface area (Å²) < 4.78 is 45.9. The van der Waals surface area contributed by atoms with Crippen LogP contribution in [-0.4, -0.2) is 47.7 Å². The summed E-state index contributed by atoms with van der Waals surface area (Å²) in [6.07, 6.45) is 0.519. The highest BCUT2D eigenvalue weighted by molar-refractivity contribution is 8.08. The van der Waals surface area contributed by atoms with Gasteiger partial charge in [0.2, 0.25) is 0 Å². The number of aliphatic hydroxyl groups excluding tert-OH is 1. The summed E-state index contributed by atoms with van der Waals surface area (Å²) in [4.78, 5) is 0. The molecule has 0 rings (SSSR count). The van der Waals surface area contributed by atoms with Crippen LogP contribution in [0, 0.1) is 4.78 Å². The van der Waals surface area contributed by atoms with Crippen LogP contribution >= 0.6 is 0 Å². The number of hydrogen-bond acceptors (Lipinski definition) is 6. The maximum atomic E-state index is 11.4. The van der Waals surface area contributed by atoms with Gasteiger partial charge in [-0.25, -0.2) is 12.6 Å². The molecule has 0 spiro atoms. The Morgan fingerprint density at radius 3 is 2.33 bits per heavy atom. The van der Waals surface area contributed by atoms with Crippen molar-refractivity contribution in [1.29, 1.82) is 4.78 Å². The number of rotatable bonds is 8. The van der Waals surface area contributed by atoms with Crippen molar-refractivity contribution in [2.24, 2.45) is 0 Å². The van der Waals surface area contributed by atoms with Gasteiger partial charge < -0.3 is 9.84 Å². The van der Waals surface area contributed by atoms with E-state index in [0.29, 0.717) is 6.42 Å². The number of nitrogens with one attached hydrogen (secondary N) is 1. The van der Waals surface area contributed by atoms with Crippen LogP contribution in [0.5, 0.6) is 0 Å². The Morgan fingerprint density at radius 2 is 1.87 bits per heavy atom. The quantitative estimate of drug-likeness (QED) is 0.463. The van der Waals surface area contributed by atoms with E-state index in [-0.39, 0.29) is 18.1 Å². The monoisotopic (exact) mass is 259 g/mol. The molecule has 0 heterocycles. The smallest absolute Gasteiger partial charge is 0.165 e. The molecule has 0 saturated heterocycles. The summed E-state index contributed by atoms with van der Waals surface area (Å²) >= 11 is 0. The zero-order chi connectivity index (χ0) is 11.9. The lowest BCUT2D eigenvalue weighted by molar-refractivity contribution is 0.00634. The molecule has 92 valence electrons. The topological polar surface area (TPSA) is 105 Å². The highest BCUT2D eigenvalue weighted by Gasteiger charge is 2.18. The molecule has 0 fully saturated rings. The lowest BCUT2D eigenvalue weighted by Crippen LogP contribution is -2.22. The van der Waals surface area contributed by atoms with Crippen molar-refractivity contribution < 1.29 is 22.5 Å². The molecule has 15 heavy (non-hydrogen) atoms. The van der Waals surface area contributed by atoms with Crippen molar-refractivity contribution in [3.63, 3.8) is 0 Å². The van der Waals surface area contributed by atoms with Gasteiger partial charge >= 0.3 is 0 Å². The molecular weight excluding hydrogens is 242 g/mol. The molecule has 0 aromatic carbocycles. The molecule has 0 aliphatic rings. The highest BCUT2D eigenvalue weighted by atomic mass is 32.3. The Kier molecular flexibility index (Phi) is 6.34. The normalized spacial score (nSPS) is 16.1. The molecule has 2 N–H and O–H groups in total. The van der Waals surface area contributed by atoms with Crippen molar-refractivity contribution in [3.8, 4) is 0 Å². The summed E-state index contributed by atoms with van der Waals surface area (Å²) in [5, 5.41) is 7.65. The lowest BCUT2D eigenvalue weighted by atomic mass is 10.6. The van der Waals surface area contributed by atoms with Crippen molar-refractivity contribution in [3.05, 3.63) is 0 Å². The van der Waals surface area contributed by atoms with Crippen molar-refractivity contribution in [2.75, 3.05) is 30.0 Å². The van der Waals surface area contributed by atoms with Gasteiger partial charge in [-0.05, 0) is 6.42 Å². The van der Waals surface area contributed by atoms with E-state index in [4.69, 9.17) is 9.89 Å². The Bertz CT molecular complexity index is 359. The first-order valence-corrected chi connectivity index (χ1v) is 8.18. The number of sulfone groups is 1. The third kappa shape index (κ3) is 7.71. The van der Waals surface area contributed by atoms with Gasteiger partial charge in [0.05, 0.1) is 22.1 Å². The molecule has 0 bridgehead atoms. The first kappa shape index (κ1) is 14.8. The van der Waals surface area contributed by atoms with E-state index >= 15 is 0 Å². The second-order valence-electron chi connectivity index (χ2n) is 3.12. The van der Waals surface area contributed by atoms with Crippen LogP contribution in [0.3, 0.4) is 0 Å². The maximum absolute atomic E-state index is 11.4. The van der Waals surface area contributed by atoms with Crippen LogP contribution in [0.25, 0.3) is 0 Å². The van der Waals surface area contributed by atoms with E-state index in [1.54, 1.807) is 6.92 Å². The molecule has 0 aliphatic carbocycles. The molecule has 0 aromatic rings. The Labute approximate surface area is 90.5 Å².